The molecular formula is C15H21FN2O2. The van der Waals surface area contributed by atoms with Crippen LogP contribution in [-0.2, 0) is 0 Å². The first-order valence-corrected chi connectivity index (χ1v) is 7.07. The molecule has 5 heteroatoms. The Kier molecular flexibility index (Phi) is 5.21. The van der Waals surface area contributed by atoms with E-state index >= 15 is 0 Å². The molecule has 2 rings (SSSR count). The van der Waals surface area contributed by atoms with Crippen LogP contribution in [-0.4, -0.2) is 19.7 Å². The summed E-state index contributed by atoms with van der Waals surface area (Å²) < 4.78 is 18.3. The Morgan fingerprint density at radius 1 is 1.35 bits per heavy atom. The lowest BCUT2D eigenvalue weighted by atomic mass is 9.89. The number of halogens is 1. The van der Waals surface area contributed by atoms with Crippen LogP contribution in [0.2, 0.25) is 0 Å². The minimum atomic E-state index is -0.488. The number of carbonyl (C=O) groups is 1. The molecule has 1 aromatic carbocycles. The fraction of sp³-hybridized carbons (Fsp3) is 0.533. The standard InChI is InChI=1S/C15H21FN2O2/c1-20-14-8-7-12(9-13(14)16)18-15(19)17-10-11-5-3-2-4-6-11/h7-9,11H,2-6,10H2,1H3,(H2,17,18,19). The number of anilines is 1. The minimum absolute atomic E-state index is 0.165. The van der Waals surface area contributed by atoms with Crippen molar-refractivity contribution in [1.82, 2.24) is 5.32 Å². The molecule has 110 valence electrons. The van der Waals surface area contributed by atoms with Crippen molar-refractivity contribution in [2.45, 2.75) is 32.1 Å². The number of urea groups is 1. The lowest BCUT2D eigenvalue weighted by molar-refractivity contribution is 0.247. The molecule has 2 N–H and O–H groups in total. The van der Waals surface area contributed by atoms with E-state index in [9.17, 15) is 9.18 Å². The van der Waals surface area contributed by atoms with Gasteiger partial charge >= 0.3 is 6.03 Å². The van der Waals surface area contributed by atoms with Crippen molar-refractivity contribution in [3.63, 3.8) is 0 Å². The van der Waals surface area contributed by atoms with Gasteiger partial charge in [0.1, 0.15) is 0 Å². The average molecular weight is 280 g/mol. The first kappa shape index (κ1) is 14.6. The monoisotopic (exact) mass is 280 g/mol. The molecule has 0 unspecified atom stereocenters. The summed E-state index contributed by atoms with van der Waals surface area (Å²) in [6, 6.07) is 4.06. The Morgan fingerprint density at radius 3 is 2.75 bits per heavy atom. The number of amides is 2. The van der Waals surface area contributed by atoms with Crippen molar-refractivity contribution >= 4 is 11.7 Å². The lowest BCUT2D eigenvalue weighted by Crippen LogP contribution is -2.33. The van der Waals surface area contributed by atoms with E-state index in [4.69, 9.17) is 4.74 Å². The number of carbonyl (C=O) groups excluding carboxylic acids is 1. The van der Waals surface area contributed by atoms with Gasteiger partial charge < -0.3 is 15.4 Å². The molecule has 4 nitrogen and oxygen atoms in total. The predicted octanol–water partition coefficient (Wildman–Crippen LogP) is 3.54. The Morgan fingerprint density at radius 2 is 2.10 bits per heavy atom. The van der Waals surface area contributed by atoms with E-state index in [0.29, 0.717) is 18.2 Å². The largest absolute Gasteiger partial charge is 0.494 e. The molecule has 1 aromatic rings. The maximum atomic E-state index is 13.5. The van der Waals surface area contributed by atoms with E-state index in [1.807, 2.05) is 0 Å². The van der Waals surface area contributed by atoms with Gasteiger partial charge in [-0.2, -0.15) is 0 Å². The highest BCUT2D eigenvalue weighted by Gasteiger charge is 2.14. The number of rotatable bonds is 4. The molecule has 0 heterocycles. The number of ether oxygens (including phenoxy) is 1. The highest BCUT2D eigenvalue weighted by molar-refractivity contribution is 5.89. The molecule has 0 spiro atoms. The Bertz CT molecular complexity index is 459. The Labute approximate surface area is 118 Å². The van der Waals surface area contributed by atoms with Gasteiger partial charge in [0, 0.05) is 18.3 Å². The summed E-state index contributed by atoms with van der Waals surface area (Å²) in [6.07, 6.45) is 6.15. The summed E-state index contributed by atoms with van der Waals surface area (Å²) in [5.74, 6) is 0.248. The summed E-state index contributed by atoms with van der Waals surface area (Å²) in [5, 5.41) is 5.47. The zero-order valence-corrected chi connectivity index (χ0v) is 11.7. The number of hydrogen-bond donors (Lipinski definition) is 2. The fourth-order valence-corrected chi connectivity index (χ4v) is 2.55. The molecule has 2 amide bonds. The smallest absolute Gasteiger partial charge is 0.319 e. The van der Waals surface area contributed by atoms with Crippen LogP contribution in [0.25, 0.3) is 0 Å². The van der Waals surface area contributed by atoms with Crippen LogP contribution >= 0.6 is 0 Å². The lowest BCUT2D eigenvalue weighted by Gasteiger charge is -2.21. The molecule has 0 atom stereocenters. The molecule has 0 saturated heterocycles. The number of methoxy groups -OCH3 is 1. The van der Waals surface area contributed by atoms with Crippen LogP contribution in [0.1, 0.15) is 32.1 Å². The molecule has 0 radical (unpaired) electrons. The second-order valence-electron chi connectivity index (χ2n) is 5.19. The minimum Gasteiger partial charge on any atom is -0.494 e. The van der Waals surface area contributed by atoms with E-state index in [2.05, 4.69) is 10.6 Å². The van der Waals surface area contributed by atoms with E-state index in [0.717, 1.165) is 0 Å². The maximum Gasteiger partial charge on any atom is 0.319 e. The number of nitrogens with one attached hydrogen (secondary N) is 2. The molecule has 0 aliphatic heterocycles. The highest BCUT2D eigenvalue weighted by atomic mass is 19.1. The summed E-state index contributed by atoms with van der Waals surface area (Å²) in [7, 11) is 1.41. The SMILES string of the molecule is COc1ccc(NC(=O)NCC2CCCCC2)cc1F. The van der Waals surface area contributed by atoms with Gasteiger partial charge in [-0.15, -0.1) is 0 Å². The van der Waals surface area contributed by atoms with Crippen LogP contribution in [0.3, 0.4) is 0 Å². The van der Waals surface area contributed by atoms with E-state index in [-0.39, 0.29) is 11.8 Å². The van der Waals surface area contributed by atoms with Gasteiger partial charge in [0.2, 0.25) is 0 Å². The van der Waals surface area contributed by atoms with Gasteiger partial charge in [-0.3, -0.25) is 0 Å². The van der Waals surface area contributed by atoms with Crippen molar-refractivity contribution in [3.05, 3.63) is 24.0 Å². The zero-order chi connectivity index (χ0) is 14.4. The average Bonchev–Trinajstić information content (AvgIpc) is 2.46. The van der Waals surface area contributed by atoms with Crippen molar-refractivity contribution in [2.75, 3.05) is 19.0 Å². The second-order valence-corrected chi connectivity index (χ2v) is 5.19. The third kappa shape index (κ3) is 4.11. The fourth-order valence-electron chi connectivity index (χ4n) is 2.55. The van der Waals surface area contributed by atoms with Crippen LogP contribution in [0.5, 0.6) is 5.75 Å². The Hall–Kier alpha value is -1.78. The normalized spacial score (nSPS) is 15.7. The van der Waals surface area contributed by atoms with Crippen molar-refractivity contribution in [2.24, 2.45) is 5.92 Å². The van der Waals surface area contributed by atoms with E-state index < -0.39 is 5.82 Å². The van der Waals surface area contributed by atoms with E-state index in [1.165, 1.54) is 51.3 Å². The number of hydrogen-bond acceptors (Lipinski definition) is 2. The van der Waals surface area contributed by atoms with Crippen molar-refractivity contribution < 1.29 is 13.9 Å². The maximum absolute atomic E-state index is 13.5. The first-order valence-electron chi connectivity index (χ1n) is 7.07. The van der Waals surface area contributed by atoms with Gasteiger partial charge in [0.15, 0.2) is 11.6 Å². The summed E-state index contributed by atoms with van der Waals surface area (Å²) in [5.41, 5.74) is 0.421. The van der Waals surface area contributed by atoms with Crippen LogP contribution in [0.15, 0.2) is 18.2 Å². The summed E-state index contributed by atoms with van der Waals surface area (Å²) >= 11 is 0. The molecule has 1 saturated carbocycles. The van der Waals surface area contributed by atoms with Gasteiger partial charge in [0.25, 0.3) is 0 Å². The van der Waals surface area contributed by atoms with Crippen LogP contribution < -0.4 is 15.4 Å². The predicted molar refractivity (Wildman–Crippen MR) is 76.5 cm³/mol. The first-order chi connectivity index (χ1) is 9.69. The van der Waals surface area contributed by atoms with Gasteiger partial charge in [-0.05, 0) is 30.9 Å². The molecule has 0 aromatic heterocycles. The molecule has 20 heavy (non-hydrogen) atoms. The summed E-state index contributed by atoms with van der Waals surface area (Å²) in [6.45, 7) is 0.685. The highest BCUT2D eigenvalue weighted by Crippen LogP contribution is 2.23. The molecule has 1 aliphatic rings. The van der Waals surface area contributed by atoms with E-state index in [1.54, 1.807) is 6.07 Å². The topological polar surface area (TPSA) is 50.4 Å². The van der Waals surface area contributed by atoms with Gasteiger partial charge in [0.05, 0.1) is 7.11 Å². The van der Waals surface area contributed by atoms with Crippen molar-refractivity contribution in [3.8, 4) is 5.75 Å². The third-order valence-electron chi connectivity index (χ3n) is 3.69. The second kappa shape index (κ2) is 7.12. The van der Waals surface area contributed by atoms with Crippen molar-refractivity contribution in [1.29, 1.82) is 0 Å². The van der Waals surface area contributed by atoms with Crippen LogP contribution in [0.4, 0.5) is 14.9 Å². The van der Waals surface area contributed by atoms with Gasteiger partial charge in [-0.25, -0.2) is 9.18 Å². The molecule has 1 fully saturated rings. The Balaban J connectivity index is 1.80. The molecular weight excluding hydrogens is 259 g/mol. The van der Waals surface area contributed by atoms with Gasteiger partial charge in [-0.1, -0.05) is 19.3 Å². The summed E-state index contributed by atoms with van der Waals surface area (Å²) in [4.78, 5) is 11.7. The van der Waals surface area contributed by atoms with Crippen LogP contribution in [0, 0.1) is 11.7 Å². The molecule has 1 aliphatic carbocycles. The zero-order valence-electron chi connectivity index (χ0n) is 11.7. The number of benzene rings is 1. The third-order valence-corrected chi connectivity index (χ3v) is 3.69. The quantitative estimate of drug-likeness (QED) is 0.886. The molecule has 0 bridgehead atoms.